The number of thiophene rings is 1. The predicted molar refractivity (Wildman–Crippen MR) is 111 cm³/mol. The first-order valence-electron chi connectivity index (χ1n) is 9.01. The number of nitrogens with one attached hydrogen (secondary N) is 1. The van der Waals surface area contributed by atoms with Crippen molar-refractivity contribution in [3.63, 3.8) is 0 Å². The number of anilines is 1. The van der Waals surface area contributed by atoms with Crippen LogP contribution in [0.2, 0.25) is 5.02 Å². The van der Waals surface area contributed by atoms with Crippen LogP contribution in [0.4, 0.5) is 5.69 Å². The van der Waals surface area contributed by atoms with Gasteiger partial charge in [-0.1, -0.05) is 17.7 Å². The van der Waals surface area contributed by atoms with Crippen molar-refractivity contribution in [2.45, 2.75) is 26.7 Å². The van der Waals surface area contributed by atoms with Gasteiger partial charge in [0.25, 0.3) is 5.91 Å². The Morgan fingerprint density at radius 1 is 1.14 bits per heavy atom. The number of carbonyl (C=O) groups is 3. The second-order valence-corrected chi connectivity index (χ2v) is 7.30. The fraction of sp³-hybridized carbons (Fsp3) is 0.350. The summed E-state index contributed by atoms with van der Waals surface area (Å²) >= 11 is 7.55. The van der Waals surface area contributed by atoms with Crippen LogP contribution >= 0.6 is 22.9 Å². The molecule has 0 saturated heterocycles. The molecule has 2 amide bonds. The summed E-state index contributed by atoms with van der Waals surface area (Å²) < 4.78 is 5.48. The van der Waals surface area contributed by atoms with Crippen molar-refractivity contribution < 1.29 is 19.1 Å². The number of likely N-dealkylation sites (N-methyl/N-ethyl adjacent to an activating group) is 1. The van der Waals surface area contributed by atoms with Gasteiger partial charge < -0.3 is 15.0 Å². The molecule has 2 rings (SSSR count). The first kappa shape index (κ1) is 21.9. The Hall–Kier alpha value is -2.38. The third kappa shape index (κ3) is 6.35. The topological polar surface area (TPSA) is 75.7 Å². The number of halogens is 1. The van der Waals surface area contributed by atoms with Crippen LogP contribution in [-0.2, 0) is 9.59 Å². The summed E-state index contributed by atoms with van der Waals surface area (Å²) in [7, 11) is 0. The van der Waals surface area contributed by atoms with Gasteiger partial charge in [0.15, 0.2) is 12.4 Å². The van der Waals surface area contributed by atoms with Gasteiger partial charge in [-0.3, -0.25) is 14.4 Å². The lowest BCUT2D eigenvalue weighted by Crippen LogP contribution is -2.34. The van der Waals surface area contributed by atoms with Gasteiger partial charge >= 0.3 is 0 Å². The third-order valence-corrected chi connectivity index (χ3v) is 5.26. The summed E-state index contributed by atoms with van der Waals surface area (Å²) in [5.74, 6) is -0.0712. The number of Topliss-reactive ketones (excluding diaryl/α,β-unsaturated/α-hetero) is 1. The molecule has 0 aliphatic rings. The van der Waals surface area contributed by atoms with E-state index in [1.807, 2.05) is 19.2 Å². The van der Waals surface area contributed by atoms with Crippen molar-refractivity contribution in [2.75, 3.05) is 25.0 Å². The van der Waals surface area contributed by atoms with E-state index in [2.05, 4.69) is 5.32 Å². The van der Waals surface area contributed by atoms with Crippen LogP contribution < -0.4 is 10.1 Å². The molecule has 0 atom stereocenters. The number of nitrogens with zero attached hydrogens (tertiary/aromatic N) is 1. The minimum atomic E-state index is -0.272. The summed E-state index contributed by atoms with van der Waals surface area (Å²) in [4.78, 5) is 38.3. The molecule has 28 heavy (non-hydrogen) atoms. The van der Waals surface area contributed by atoms with E-state index in [1.165, 1.54) is 11.3 Å². The van der Waals surface area contributed by atoms with Crippen LogP contribution in [0, 0.1) is 0 Å². The molecule has 1 N–H and O–H groups in total. The van der Waals surface area contributed by atoms with Crippen molar-refractivity contribution in [1.82, 2.24) is 4.90 Å². The highest BCUT2D eigenvalue weighted by Crippen LogP contribution is 2.28. The van der Waals surface area contributed by atoms with Crippen LogP contribution in [0.15, 0.2) is 35.7 Å². The Bertz CT molecular complexity index is 820. The highest BCUT2D eigenvalue weighted by Gasteiger charge is 2.13. The molecule has 0 radical (unpaired) electrons. The van der Waals surface area contributed by atoms with Gasteiger partial charge in [0, 0.05) is 31.6 Å². The molecule has 1 aromatic carbocycles. The lowest BCUT2D eigenvalue weighted by molar-refractivity contribution is -0.133. The SMILES string of the molecule is CCN(CC)C(=O)COc1ccc(NC(=O)CCC(=O)c2cccs2)cc1Cl. The van der Waals surface area contributed by atoms with Gasteiger partial charge in [-0.25, -0.2) is 0 Å². The monoisotopic (exact) mass is 422 g/mol. The number of hydrogen-bond acceptors (Lipinski definition) is 5. The molecular weight excluding hydrogens is 400 g/mol. The van der Waals surface area contributed by atoms with Crippen LogP contribution in [0.25, 0.3) is 0 Å². The van der Waals surface area contributed by atoms with E-state index in [0.29, 0.717) is 34.4 Å². The van der Waals surface area contributed by atoms with E-state index in [0.717, 1.165) is 0 Å². The van der Waals surface area contributed by atoms with Crippen molar-refractivity contribution in [3.8, 4) is 5.75 Å². The molecule has 0 aliphatic carbocycles. The first-order chi connectivity index (χ1) is 13.4. The van der Waals surface area contributed by atoms with E-state index >= 15 is 0 Å². The van der Waals surface area contributed by atoms with Crippen LogP contribution in [0.3, 0.4) is 0 Å². The fourth-order valence-corrected chi connectivity index (χ4v) is 3.44. The third-order valence-electron chi connectivity index (χ3n) is 4.06. The summed E-state index contributed by atoms with van der Waals surface area (Å²) in [5, 5.41) is 4.83. The maximum Gasteiger partial charge on any atom is 0.260 e. The number of amides is 2. The number of ketones is 1. The largest absolute Gasteiger partial charge is 0.482 e. The number of hydrogen-bond donors (Lipinski definition) is 1. The minimum Gasteiger partial charge on any atom is -0.482 e. The zero-order chi connectivity index (χ0) is 20.5. The molecule has 0 unspecified atom stereocenters. The van der Waals surface area contributed by atoms with Crippen molar-refractivity contribution in [2.24, 2.45) is 0 Å². The molecular formula is C20H23ClN2O4S. The molecule has 6 nitrogen and oxygen atoms in total. The van der Waals surface area contributed by atoms with E-state index in [-0.39, 0.29) is 37.0 Å². The van der Waals surface area contributed by atoms with Gasteiger partial charge in [0.1, 0.15) is 5.75 Å². The van der Waals surface area contributed by atoms with Gasteiger partial charge in [-0.15, -0.1) is 11.3 Å². The quantitative estimate of drug-likeness (QED) is 0.581. The number of ether oxygens (including phenoxy) is 1. The Balaban J connectivity index is 1.85. The highest BCUT2D eigenvalue weighted by atomic mass is 35.5. The predicted octanol–water partition coefficient (Wildman–Crippen LogP) is 4.25. The van der Waals surface area contributed by atoms with Crippen LogP contribution in [0.5, 0.6) is 5.75 Å². The molecule has 150 valence electrons. The van der Waals surface area contributed by atoms with Gasteiger partial charge in [0.2, 0.25) is 5.91 Å². The molecule has 1 aromatic heterocycles. The average molecular weight is 423 g/mol. The van der Waals surface area contributed by atoms with Gasteiger partial charge in [0.05, 0.1) is 9.90 Å². The summed E-state index contributed by atoms with van der Waals surface area (Å²) in [5.41, 5.74) is 0.501. The number of carbonyl (C=O) groups excluding carboxylic acids is 3. The Morgan fingerprint density at radius 3 is 2.50 bits per heavy atom. The fourth-order valence-electron chi connectivity index (χ4n) is 2.51. The maximum absolute atomic E-state index is 12.1. The van der Waals surface area contributed by atoms with Crippen molar-refractivity contribution >= 4 is 46.2 Å². The second kappa shape index (κ2) is 10.8. The smallest absolute Gasteiger partial charge is 0.260 e. The maximum atomic E-state index is 12.1. The molecule has 0 bridgehead atoms. The molecule has 1 heterocycles. The zero-order valence-corrected chi connectivity index (χ0v) is 17.4. The number of rotatable bonds is 10. The van der Waals surface area contributed by atoms with Gasteiger partial charge in [-0.2, -0.15) is 0 Å². The van der Waals surface area contributed by atoms with Gasteiger partial charge in [-0.05, 0) is 43.5 Å². The molecule has 0 spiro atoms. The zero-order valence-electron chi connectivity index (χ0n) is 15.9. The Morgan fingerprint density at radius 2 is 1.89 bits per heavy atom. The Kier molecular flexibility index (Phi) is 8.47. The van der Waals surface area contributed by atoms with E-state index in [4.69, 9.17) is 16.3 Å². The summed E-state index contributed by atoms with van der Waals surface area (Å²) in [6, 6.07) is 8.34. The lowest BCUT2D eigenvalue weighted by Gasteiger charge is -2.19. The first-order valence-corrected chi connectivity index (χ1v) is 10.3. The van der Waals surface area contributed by atoms with E-state index in [9.17, 15) is 14.4 Å². The second-order valence-electron chi connectivity index (χ2n) is 5.95. The van der Waals surface area contributed by atoms with Crippen molar-refractivity contribution in [3.05, 3.63) is 45.6 Å². The van der Waals surface area contributed by atoms with Crippen molar-refractivity contribution in [1.29, 1.82) is 0 Å². The Labute approximate surface area is 173 Å². The normalized spacial score (nSPS) is 10.4. The summed E-state index contributed by atoms with van der Waals surface area (Å²) in [6.45, 7) is 4.94. The molecule has 0 fully saturated rings. The van der Waals surface area contributed by atoms with Crippen LogP contribution in [-0.4, -0.2) is 42.2 Å². The number of benzene rings is 1. The summed E-state index contributed by atoms with van der Waals surface area (Å²) in [6.07, 6.45) is 0.236. The average Bonchev–Trinajstić information content (AvgIpc) is 3.21. The van der Waals surface area contributed by atoms with E-state index < -0.39 is 0 Å². The standard InChI is InChI=1S/C20H23ClN2O4S/c1-3-23(4-2)20(26)13-27-17-9-7-14(12-15(17)21)22-19(25)10-8-16(24)18-6-5-11-28-18/h5-7,9,11-12H,3-4,8,10,13H2,1-2H3,(H,22,25). The minimum absolute atomic E-state index is 0.0511. The molecule has 2 aromatic rings. The highest BCUT2D eigenvalue weighted by molar-refractivity contribution is 7.12. The van der Waals surface area contributed by atoms with Crippen LogP contribution in [0.1, 0.15) is 36.4 Å². The molecule has 0 aliphatic heterocycles. The lowest BCUT2D eigenvalue weighted by atomic mass is 10.2. The van der Waals surface area contributed by atoms with E-state index in [1.54, 1.807) is 35.2 Å². The molecule has 8 heteroatoms. The molecule has 0 saturated carbocycles.